The number of carbonyl (C=O) groups excluding carboxylic acids is 5. The van der Waals surface area contributed by atoms with E-state index in [0.29, 0.717) is 31.6 Å². The predicted molar refractivity (Wildman–Crippen MR) is 223 cm³/mol. The molecule has 0 saturated carbocycles. The highest BCUT2D eigenvalue weighted by atomic mass is 16.6. The number of rotatable bonds is 21. The second-order valence-electron chi connectivity index (χ2n) is 16.1. The van der Waals surface area contributed by atoms with Gasteiger partial charge in [-0.3, -0.25) is 24.0 Å². The van der Waals surface area contributed by atoms with E-state index in [4.69, 9.17) is 18.9 Å². The molecule has 0 unspecified atom stereocenters. The number of hydrogen-bond acceptors (Lipinski definition) is 11. The van der Waals surface area contributed by atoms with E-state index in [1.165, 1.54) is 13.0 Å². The normalized spacial score (nSPS) is 27.3. The van der Waals surface area contributed by atoms with E-state index in [1.807, 2.05) is 45.2 Å². The number of hydrogen-bond donors (Lipinski definition) is 6. The number of unbranched alkanes of at least 4 members (excludes halogenated alkanes) is 2. The van der Waals surface area contributed by atoms with Crippen molar-refractivity contribution in [3.8, 4) is 0 Å². The summed E-state index contributed by atoms with van der Waals surface area (Å²) in [6.45, 7) is 10.5. The van der Waals surface area contributed by atoms with Crippen LogP contribution in [0.4, 0.5) is 5.69 Å². The zero-order chi connectivity index (χ0) is 43.0. The Morgan fingerprint density at radius 3 is 2.42 bits per heavy atom. The van der Waals surface area contributed by atoms with Gasteiger partial charge in [-0.05, 0) is 89.7 Å². The van der Waals surface area contributed by atoms with Gasteiger partial charge in [0.1, 0.15) is 23.9 Å². The third-order valence-electron chi connectivity index (χ3n) is 10.8. The fourth-order valence-electron chi connectivity index (χ4n) is 7.31. The Balaban J connectivity index is 1.18. The van der Waals surface area contributed by atoms with Crippen molar-refractivity contribution in [3.63, 3.8) is 0 Å². The minimum atomic E-state index is -0.867. The average molecular weight is 824 g/mol. The van der Waals surface area contributed by atoms with E-state index in [9.17, 15) is 29.1 Å². The zero-order valence-corrected chi connectivity index (χ0v) is 35.4. The molecule has 0 bridgehead atoms. The molecular weight excluding hydrogens is 759 g/mol. The highest BCUT2D eigenvalue weighted by Gasteiger charge is 2.58. The Hall–Kier alpha value is -4.41. The van der Waals surface area contributed by atoms with Crippen LogP contribution < -0.4 is 26.6 Å². The summed E-state index contributed by atoms with van der Waals surface area (Å²) in [5.41, 5.74) is 1.67. The molecule has 0 radical (unpaired) electrons. The molecule has 15 heteroatoms. The lowest BCUT2D eigenvalue weighted by Crippen LogP contribution is -2.50. The Labute approximate surface area is 348 Å². The van der Waals surface area contributed by atoms with Crippen molar-refractivity contribution in [1.29, 1.82) is 0 Å². The molecule has 0 aromatic heterocycles. The number of epoxide rings is 1. The first kappa shape index (κ1) is 47.3. The van der Waals surface area contributed by atoms with Crippen molar-refractivity contribution < 1.29 is 48.0 Å². The van der Waals surface area contributed by atoms with Crippen molar-refractivity contribution in [3.05, 3.63) is 65.8 Å². The Morgan fingerprint density at radius 2 is 1.73 bits per heavy atom. The lowest BCUT2D eigenvalue weighted by molar-refractivity contribution is -0.145. The minimum Gasteiger partial charge on any atom is -0.459 e. The molecule has 6 N–H and O–H groups in total. The third-order valence-corrected chi connectivity index (χ3v) is 10.8. The Kier molecular flexibility index (Phi) is 18.7. The maximum absolute atomic E-state index is 13.0. The lowest BCUT2D eigenvalue weighted by Gasteiger charge is -2.39. The summed E-state index contributed by atoms with van der Waals surface area (Å²) in [5.74, 6) is -1.15. The van der Waals surface area contributed by atoms with Gasteiger partial charge >= 0.3 is 5.97 Å². The average Bonchev–Trinajstić information content (AvgIpc) is 3.96. The maximum Gasteiger partial charge on any atom is 0.303 e. The molecule has 3 fully saturated rings. The van der Waals surface area contributed by atoms with Crippen LogP contribution in [0.2, 0.25) is 0 Å². The predicted octanol–water partition coefficient (Wildman–Crippen LogP) is 3.51. The van der Waals surface area contributed by atoms with Crippen LogP contribution in [0.25, 0.3) is 0 Å². The SMILES string of the molecule is CNCCCCCC(=O)NCC(=O)Nc1ccc(CNC(=O)C[C@@H]2C[C@@]3(CO3)[C@H](O)[C@@H](/C=C/C(C)=C/C[C@@H]3O[C@H](C)[C@H](NC(=O)/C=C\[C@H](C)OC(C)=O)C[C@@H]3C)O2)cc1. The Morgan fingerprint density at radius 1 is 0.983 bits per heavy atom. The van der Waals surface area contributed by atoms with Crippen LogP contribution >= 0.6 is 0 Å². The summed E-state index contributed by atoms with van der Waals surface area (Å²) in [6, 6.07) is 6.96. The molecule has 1 aromatic rings. The van der Waals surface area contributed by atoms with E-state index in [0.717, 1.165) is 43.4 Å². The third kappa shape index (κ3) is 16.3. The maximum atomic E-state index is 13.0. The molecular formula is C44H65N5O10. The van der Waals surface area contributed by atoms with Crippen molar-refractivity contribution in [1.82, 2.24) is 21.3 Å². The summed E-state index contributed by atoms with van der Waals surface area (Å²) >= 11 is 0. The van der Waals surface area contributed by atoms with Crippen molar-refractivity contribution in [2.75, 3.05) is 32.1 Å². The van der Waals surface area contributed by atoms with Gasteiger partial charge in [0.25, 0.3) is 0 Å². The monoisotopic (exact) mass is 823 g/mol. The number of benzene rings is 1. The molecule has 59 heavy (non-hydrogen) atoms. The van der Waals surface area contributed by atoms with Crippen molar-refractivity contribution >= 4 is 35.3 Å². The number of aliphatic hydroxyl groups is 1. The topological polar surface area (TPSA) is 206 Å². The number of allylic oxidation sites excluding steroid dienone is 2. The summed E-state index contributed by atoms with van der Waals surface area (Å²) in [7, 11) is 1.90. The van der Waals surface area contributed by atoms with E-state index in [1.54, 1.807) is 25.1 Å². The summed E-state index contributed by atoms with van der Waals surface area (Å²) in [5, 5.41) is 25.5. The molecule has 3 aliphatic heterocycles. The number of amides is 4. The van der Waals surface area contributed by atoms with Gasteiger partial charge in [0, 0.05) is 38.1 Å². The number of esters is 1. The molecule has 3 heterocycles. The first-order valence-electron chi connectivity index (χ1n) is 20.9. The van der Waals surface area contributed by atoms with Crippen LogP contribution in [0.3, 0.4) is 0 Å². The van der Waals surface area contributed by atoms with Gasteiger partial charge < -0.3 is 50.6 Å². The highest BCUT2D eigenvalue weighted by molar-refractivity contribution is 5.94. The molecule has 4 rings (SSSR count). The lowest BCUT2D eigenvalue weighted by atomic mass is 9.87. The number of anilines is 1. The van der Waals surface area contributed by atoms with Gasteiger partial charge in [0.15, 0.2) is 0 Å². The molecule has 4 amide bonds. The van der Waals surface area contributed by atoms with E-state index in [2.05, 4.69) is 39.6 Å². The van der Waals surface area contributed by atoms with E-state index >= 15 is 0 Å². The smallest absolute Gasteiger partial charge is 0.303 e. The molecule has 1 spiro atoms. The van der Waals surface area contributed by atoms with Crippen LogP contribution in [0, 0.1) is 5.92 Å². The van der Waals surface area contributed by atoms with Gasteiger partial charge in [-0.2, -0.15) is 0 Å². The van der Waals surface area contributed by atoms with Gasteiger partial charge in [-0.1, -0.05) is 49.3 Å². The number of carbonyl (C=O) groups is 5. The van der Waals surface area contributed by atoms with E-state index < -0.39 is 36.0 Å². The standard InChI is InChI=1S/C44H65N5O10/c1-28(11-18-37-29(2)22-36(31(4)58-37)49-40(52)20-13-30(3)57-32(5)50)12-19-38-43(55)44(27-56-44)24-35(59-38)23-41(53)46-25-33-14-16-34(17-15-33)48-42(54)26-47-39(51)10-8-7-9-21-45-6/h11-17,19-20,29-31,35-38,43,45,55H,7-10,18,21-27H2,1-6H3,(H,46,53)(H,47,51)(H,48,54)(H,49,52)/b19-12+,20-13-,28-11+/t29-,30-,31+,35+,36+,37-,38+,43+,44+/m0/s1. The largest absolute Gasteiger partial charge is 0.459 e. The fraction of sp³-hybridized carbons (Fsp3) is 0.614. The molecule has 3 aliphatic rings. The zero-order valence-electron chi connectivity index (χ0n) is 35.4. The summed E-state index contributed by atoms with van der Waals surface area (Å²) in [6.07, 6.45) is 11.1. The second kappa shape index (κ2) is 23.4. The second-order valence-corrected chi connectivity index (χ2v) is 16.1. The minimum absolute atomic E-state index is 0.0408. The van der Waals surface area contributed by atoms with Gasteiger partial charge in [0.05, 0.1) is 43.9 Å². The van der Waals surface area contributed by atoms with Crippen LogP contribution in [0.1, 0.15) is 91.5 Å². The molecule has 3 saturated heterocycles. The Bertz CT molecular complexity index is 1660. The first-order valence-corrected chi connectivity index (χ1v) is 20.9. The molecule has 0 aliphatic carbocycles. The van der Waals surface area contributed by atoms with Gasteiger partial charge in [-0.25, -0.2) is 0 Å². The van der Waals surface area contributed by atoms with Crippen LogP contribution in [0.15, 0.2) is 60.2 Å². The first-order chi connectivity index (χ1) is 28.2. The fourth-order valence-corrected chi connectivity index (χ4v) is 7.31. The summed E-state index contributed by atoms with van der Waals surface area (Å²) in [4.78, 5) is 60.9. The quantitative estimate of drug-likeness (QED) is 0.0348. The molecule has 15 nitrogen and oxygen atoms in total. The van der Waals surface area contributed by atoms with E-state index in [-0.39, 0.29) is 67.3 Å². The van der Waals surface area contributed by atoms with Crippen molar-refractivity contribution in [2.24, 2.45) is 5.92 Å². The molecule has 1 aromatic carbocycles. The molecule has 9 atom stereocenters. The summed E-state index contributed by atoms with van der Waals surface area (Å²) < 4.78 is 23.3. The number of ether oxygens (including phenoxy) is 4. The highest BCUT2D eigenvalue weighted by Crippen LogP contribution is 2.43. The molecule has 326 valence electrons. The van der Waals surface area contributed by atoms with Crippen LogP contribution in [0.5, 0.6) is 0 Å². The van der Waals surface area contributed by atoms with Crippen LogP contribution in [-0.2, 0) is 49.5 Å². The number of aliphatic hydroxyl groups excluding tert-OH is 1. The van der Waals surface area contributed by atoms with Gasteiger partial charge in [0.2, 0.25) is 23.6 Å². The van der Waals surface area contributed by atoms with Crippen LogP contribution in [-0.4, -0.2) is 110 Å². The van der Waals surface area contributed by atoms with Crippen molar-refractivity contribution in [2.45, 2.75) is 141 Å². The van der Waals surface area contributed by atoms with Gasteiger partial charge in [-0.15, -0.1) is 0 Å². The number of nitrogens with one attached hydrogen (secondary N) is 5.